The molecule has 0 spiro atoms. The fourth-order valence-corrected chi connectivity index (χ4v) is 2.70. The van der Waals surface area contributed by atoms with E-state index in [1.165, 1.54) is 25.7 Å². The van der Waals surface area contributed by atoms with Crippen molar-refractivity contribution >= 4 is 11.6 Å². The number of ether oxygens (including phenoxy) is 1. The van der Waals surface area contributed by atoms with Gasteiger partial charge in [-0.05, 0) is 31.4 Å². The van der Waals surface area contributed by atoms with Gasteiger partial charge in [0, 0.05) is 6.04 Å². The maximum Gasteiger partial charge on any atom is 0.258 e. The van der Waals surface area contributed by atoms with Gasteiger partial charge in [0.2, 0.25) is 0 Å². The number of para-hydroxylation sites is 1. The van der Waals surface area contributed by atoms with Crippen molar-refractivity contribution in [3.05, 3.63) is 23.8 Å². The Morgan fingerprint density at radius 2 is 2.00 bits per heavy atom. The number of anilines is 1. The molecule has 1 aromatic rings. The maximum absolute atomic E-state index is 11.9. The van der Waals surface area contributed by atoms with Crippen LogP contribution in [0.3, 0.4) is 0 Å². The number of nitrogen functional groups attached to an aromatic ring is 1. The molecule has 0 atom stereocenters. The van der Waals surface area contributed by atoms with Crippen LogP contribution in [-0.2, 0) is 4.79 Å². The molecular weight excluding hydrogens is 252 g/mol. The first-order chi connectivity index (χ1) is 9.66. The standard InChI is InChI=1S/C16H24N2O2/c1-12-7-6-10-14(17)16(12)20-11-15(19)18-13-8-4-2-3-5-9-13/h6-7,10,13H,2-5,8-9,11,17H2,1H3,(H,18,19). The van der Waals surface area contributed by atoms with Gasteiger partial charge in [0.1, 0.15) is 5.75 Å². The van der Waals surface area contributed by atoms with Gasteiger partial charge in [-0.25, -0.2) is 0 Å². The summed E-state index contributed by atoms with van der Waals surface area (Å²) < 4.78 is 5.57. The van der Waals surface area contributed by atoms with E-state index in [1.807, 2.05) is 19.1 Å². The van der Waals surface area contributed by atoms with Gasteiger partial charge in [0.15, 0.2) is 6.61 Å². The number of carbonyl (C=O) groups is 1. The molecule has 1 saturated carbocycles. The van der Waals surface area contributed by atoms with Crippen LogP contribution in [0.2, 0.25) is 0 Å². The van der Waals surface area contributed by atoms with Crippen LogP contribution >= 0.6 is 0 Å². The van der Waals surface area contributed by atoms with Crippen molar-refractivity contribution in [2.75, 3.05) is 12.3 Å². The Bertz CT molecular complexity index is 432. The molecule has 20 heavy (non-hydrogen) atoms. The average Bonchev–Trinajstić information content (AvgIpc) is 2.67. The van der Waals surface area contributed by atoms with Crippen molar-refractivity contribution in [1.82, 2.24) is 5.32 Å². The highest BCUT2D eigenvalue weighted by molar-refractivity contribution is 5.78. The van der Waals surface area contributed by atoms with Crippen molar-refractivity contribution in [2.45, 2.75) is 51.5 Å². The lowest BCUT2D eigenvalue weighted by molar-refractivity contribution is -0.123. The van der Waals surface area contributed by atoms with E-state index in [2.05, 4.69) is 5.32 Å². The van der Waals surface area contributed by atoms with Gasteiger partial charge < -0.3 is 15.8 Å². The second kappa shape index (κ2) is 7.17. The van der Waals surface area contributed by atoms with Crippen molar-refractivity contribution in [3.63, 3.8) is 0 Å². The summed E-state index contributed by atoms with van der Waals surface area (Å²) in [7, 11) is 0. The fraction of sp³-hybridized carbons (Fsp3) is 0.562. The van der Waals surface area contributed by atoms with E-state index in [0.29, 0.717) is 17.5 Å². The van der Waals surface area contributed by atoms with Crippen molar-refractivity contribution in [1.29, 1.82) is 0 Å². The first kappa shape index (κ1) is 14.7. The van der Waals surface area contributed by atoms with Crippen LogP contribution in [-0.4, -0.2) is 18.6 Å². The molecule has 2 rings (SSSR count). The number of carbonyl (C=O) groups excluding carboxylic acids is 1. The van der Waals surface area contributed by atoms with E-state index >= 15 is 0 Å². The van der Waals surface area contributed by atoms with Gasteiger partial charge in [0.05, 0.1) is 5.69 Å². The number of hydrogen-bond donors (Lipinski definition) is 2. The number of amides is 1. The molecule has 0 saturated heterocycles. The van der Waals surface area contributed by atoms with Crippen molar-refractivity contribution < 1.29 is 9.53 Å². The van der Waals surface area contributed by atoms with Crippen LogP contribution in [0.15, 0.2) is 18.2 Å². The molecule has 0 aliphatic heterocycles. The van der Waals surface area contributed by atoms with Crippen LogP contribution in [0.25, 0.3) is 0 Å². The van der Waals surface area contributed by atoms with Crippen LogP contribution in [0.1, 0.15) is 44.1 Å². The lowest BCUT2D eigenvalue weighted by Crippen LogP contribution is -2.37. The predicted octanol–water partition coefficient (Wildman–Crippen LogP) is 2.80. The third kappa shape index (κ3) is 4.15. The Morgan fingerprint density at radius 3 is 2.65 bits per heavy atom. The van der Waals surface area contributed by atoms with Gasteiger partial charge in [0.25, 0.3) is 5.91 Å². The smallest absolute Gasteiger partial charge is 0.258 e. The Hall–Kier alpha value is -1.71. The molecule has 1 aromatic carbocycles. The minimum Gasteiger partial charge on any atom is -0.481 e. The predicted molar refractivity (Wildman–Crippen MR) is 80.7 cm³/mol. The second-order valence-electron chi connectivity index (χ2n) is 5.54. The number of benzene rings is 1. The van der Waals surface area contributed by atoms with Gasteiger partial charge in [-0.3, -0.25) is 4.79 Å². The van der Waals surface area contributed by atoms with Gasteiger partial charge in [-0.15, -0.1) is 0 Å². The Balaban J connectivity index is 1.82. The molecule has 0 unspecified atom stereocenters. The molecule has 4 nitrogen and oxygen atoms in total. The maximum atomic E-state index is 11.9. The zero-order valence-electron chi connectivity index (χ0n) is 12.2. The number of nitrogens with two attached hydrogens (primary N) is 1. The summed E-state index contributed by atoms with van der Waals surface area (Å²) in [6.07, 6.45) is 7.13. The highest BCUT2D eigenvalue weighted by Crippen LogP contribution is 2.25. The average molecular weight is 276 g/mol. The van der Waals surface area contributed by atoms with Gasteiger partial charge >= 0.3 is 0 Å². The van der Waals surface area contributed by atoms with E-state index in [1.54, 1.807) is 6.07 Å². The van der Waals surface area contributed by atoms with Crippen LogP contribution in [0.4, 0.5) is 5.69 Å². The summed E-state index contributed by atoms with van der Waals surface area (Å²) in [4.78, 5) is 11.9. The molecule has 3 N–H and O–H groups in total. The number of nitrogens with one attached hydrogen (secondary N) is 1. The largest absolute Gasteiger partial charge is 0.481 e. The zero-order valence-corrected chi connectivity index (χ0v) is 12.2. The van der Waals surface area contributed by atoms with E-state index in [0.717, 1.165) is 18.4 Å². The minimum atomic E-state index is -0.0560. The Labute approximate surface area is 120 Å². The highest BCUT2D eigenvalue weighted by atomic mass is 16.5. The summed E-state index contributed by atoms with van der Waals surface area (Å²) >= 11 is 0. The normalized spacial score (nSPS) is 16.4. The quantitative estimate of drug-likeness (QED) is 0.656. The number of rotatable bonds is 4. The summed E-state index contributed by atoms with van der Waals surface area (Å²) in [5, 5.41) is 3.06. The van der Waals surface area contributed by atoms with Crippen LogP contribution < -0.4 is 15.8 Å². The minimum absolute atomic E-state index is 0.0333. The lowest BCUT2D eigenvalue weighted by Gasteiger charge is -2.17. The third-order valence-electron chi connectivity index (χ3n) is 3.81. The first-order valence-corrected chi connectivity index (χ1v) is 7.44. The Kier molecular flexibility index (Phi) is 5.27. The molecular formula is C16H24N2O2. The summed E-state index contributed by atoms with van der Waals surface area (Å²) in [6, 6.07) is 5.90. The molecule has 4 heteroatoms. The molecule has 0 bridgehead atoms. The number of aryl methyl sites for hydroxylation is 1. The van der Waals surface area contributed by atoms with Gasteiger partial charge in [-0.2, -0.15) is 0 Å². The topological polar surface area (TPSA) is 64.3 Å². The van der Waals surface area contributed by atoms with Crippen LogP contribution in [0, 0.1) is 6.92 Å². The lowest BCUT2D eigenvalue weighted by atomic mass is 10.1. The monoisotopic (exact) mass is 276 g/mol. The fourth-order valence-electron chi connectivity index (χ4n) is 2.70. The van der Waals surface area contributed by atoms with Gasteiger partial charge in [-0.1, -0.05) is 37.8 Å². The van der Waals surface area contributed by atoms with E-state index in [4.69, 9.17) is 10.5 Å². The second-order valence-corrected chi connectivity index (χ2v) is 5.54. The van der Waals surface area contributed by atoms with E-state index in [-0.39, 0.29) is 12.5 Å². The third-order valence-corrected chi connectivity index (χ3v) is 3.81. The molecule has 110 valence electrons. The summed E-state index contributed by atoms with van der Waals surface area (Å²) in [6.45, 7) is 1.96. The summed E-state index contributed by atoms with van der Waals surface area (Å²) in [5.41, 5.74) is 7.38. The first-order valence-electron chi connectivity index (χ1n) is 7.44. The molecule has 1 aliphatic rings. The van der Waals surface area contributed by atoms with Crippen molar-refractivity contribution in [2.24, 2.45) is 0 Å². The molecule has 1 fully saturated rings. The van der Waals surface area contributed by atoms with Crippen LogP contribution in [0.5, 0.6) is 5.75 Å². The molecule has 1 aliphatic carbocycles. The molecule has 0 radical (unpaired) electrons. The number of hydrogen-bond acceptors (Lipinski definition) is 3. The Morgan fingerprint density at radius 1 is 1.30 bits per heavy atom. The molecule has 1 amide bonds. The highest BCUT2D eigenvalue weighted by Gasteiger charge is 2.15. The SMILES string of the molecule is Cc1cccc(N)c1OCC(=O)NC1CCCCCC1. The van der Waals surface area contributed by atoms with E-state index < -0.39 is 0 Å². The van der Waals surface area contributed by atoms with Crippen molar-refractivity contribution in [3.8, 4) is 5.75 Å². The zero-order chi connectivity index (χ0) is 14.4. The van der Waals surface area contributed by atoms with E-state index in [9.17, 15) is 4.79 Å². The summed E-state index contributed by atoms with van der Waals surface area (Å²) in [5.74, 6) is 0.558. The molecule has 0 aromatic heterocycles. The molecule has 0 heterocycles.